The van der Waals surface area contributed by atoms with Gasteiger partial charge in [-0.05, 0) is 36.2 Å². The molecule has 4 rings (SSSR count). The standard InChI is InChI=1S/C26H26N5O4P/c1-3-17-36(34,35-4-2)21-13-11-20(12-14-21)23(19-9-6-5-7-10-19)29-24(32)22-18-27-26(30-25(22)33)31-16-8-15-28-31/h3,5-16,18,23H,1,4,17H2,2H3,(H,29,32)(H,27,30,33). The Morgan fingerprint density at radius 2 is 1.89 bits per heavy atom. The molecule has 9 nitrogen and oxygen atoms in total. The lowest BCUT2D eigenvalue weighted by atomic mass is 9.98. The Labute approximate surface area is 208 Å². The third-order valence-electron chi connectivity index (χ3n) is 5.49. The van der Waals surface area contributed by atoms with Crippen molar-refractivity contribution in [2.24, 2.45) is 0 Å². The topological polar surface area (TPSA) is 119 Å². The van der Waals surface area contributed by atoms with E-state index in [2.05, 4.69) is 27.0 Å². The summed E-state index contributed by atoms with van der Waals surface area (Å²) < 4.78 is 20.2. The summed E-state index contributed by atoms with van der Waals surface area (Å²) in [5.41, 5.74) is 0.847. The minimum Gasteiger partial charge on any atom is -0.341 e. The van der Waals surface area contributed by atoms with E-state index in [9.17, 15) is 14.2 Å². The molecule has 0 saturated heterocycles. The van der Waals surface area contributed by atoms with Crippen LogP contribution >= 0.6 is 7.37 Å². The van der Waals surface area contributed by atoms with Crippen LogP contribution < -0.4 is 16.2 Å². The van der Waals surface area contributed by atoms with E-state index < -0.39 is 24.9 Å². The summed E-state index contributed by atoms with van der Waals surface area (Å²) in [5, 5.41) is 7.53. The normalized spacial score (nSPS) is 13.5. The van der Waals surface area contributed by atoms with Crippen LogP contribution in [0, 0.1) is 0 Å². The van der Waals surface area contributed by atoms with E-state index in [-0.39, 0.29) is 17.7 Å². The molecule has 2 aromatic carbocycles. The second kappa shape index (κ2) is 11.1. The first kappa shape index (κ1) is 25.0. The average molecular weight is 503 g/mol. The molecule has 2 aromatic heterocycles. The molecule has 0 fully saturated rings. The SMILES string of the molecule is C=CCP(=O)(OCC)c1ccc(C(NC(=O)c2cnc(-n3cccn3)[nH]c2=O)c2ccccc2)cc1. The number of H-pyrrole nitrogens is 1. The van der Waals surface area contributed by atoms with Crippen molar-refractivity contribution in [3.8, 4) is 5.95 Å². The van der Waals surface area contributed by atoms with Crippen molar-refractivity contribution in [1.29, 1.82) is 0 Å². The van der Waals surface area contributed by atoms with Crippen molar-refractivity contribution in [3.05, 3.63) is 119 Å². The molecule has 36 heavy (non-hydrogen) atoms. The second-order valence-corrected chi connectivity index (χ2v) is 10.4. The van der Waals surface area contributed by atoms with Crippen LogP contribution in [0.4, 0.5) is 0 Å². The molecule has 0 radical (unpaired) electrons. The van der Waals surface area contributed by atoms with Crippen LogP contribution in [0.1, 0.15) is 34.5 Å². The van der Waals surface area contributed by atoms with Crippen molar-refractivity contribution < 1.29 is 13.9 Å². The number of hydrogen-bond donors (Lipinski definition) is 2. The number of nitrogens with one attached hydrogen (secondary N) is 2. The number of nitrogens with zero attached hydrogens (tertiary/aromatic N) is 3. The highest BCUT2D eigenvalue weighted by Gasteiger charge is 2.25. The Morgan fingerprint density at radius 3 is 2.50 bits per heavy atom. The number of carbonyl (C=O) groups is 1. The Bertz CT molecular complexity index is 1430. The Kier molecular flexibility index (Phi) is 7.73. The molecule has 184 valence electrons. The predicted molar refractivity (Wildman–Crippen MR) is 138 cm³/mol. The molecular weight excluding hydrogens is 477 g/mol. The van der Waals surface area contributed by atoms with Crippen LogP contribution in [-0.2, 0) is 9.09 Å². The summed E-state index contributed by atoms with van der Waals surface area (Å²) >= 11 is 0. The molecule has 0 saturated carbocycles. The quantitative estimate of drug-likeness (QED) is 0.252. The van der Waals surface area contributed by atoms with Gasteiger partial charge in [0.2, 0.25) is 13.3 Å². The molecule has 2 N–H and O–H groups in total. The molecule has 4 aromatic rings. The summed E-state index contributed by atoms with van der Waals surface area (Å²) in [5.74, 6) is -0.379. The lowest BCUT2D eigenvalue weighted by Gasteiger charge is -2.21. The first-order chi connectivity index (χ1) is 17.4. The maximum atomic E-state index is 13.3. The second-order valence-electron chi connectivity index (χ2n) is 7.87. The number of hydrogen-bond acceptors (Lipinski definition) is 6. The predicted octanol–water partition coefficient (Wildman–Crippen LogP) is 3.60. The lowest BCUT2D eigenvalue weighted by molar-refractivity contribution is 0.0941. The van der Waals surface area contributed by atoms with Crippen molar-refractivity contribution in [3.63, 3.8) is 0 Å². The molecule has 0 aliphatic heterocycles. The van der Waals surface area contributed by atoms with Gasteiger partial charge in [0.15, 0.2) is 0 Å². The molecule has 2 heterocycles. The summed E-state index contributed by atoms with van der Waals surface area (Å²) in [6.45, 7) is 5.80. The number of aromatic amines is 1. The minimum absolute atomic E-state index is 0.129. The van der Waals surface area contributed by atoms with Crippen LogP contribution in [0.25, 0.3) is 5.95 Å². The van der Waals surface area contributed by atoms with Gasteiger partial charge in [-0.2, -0.15) is 5.10 Å². The monoisotopic (exact) mass is 503 g/mol. The van der Waals surface area contributed by atoms with E-state index in [4.69, 9.17) is 4.52 Å². The van der Waals surface area contributed by atoms with Crippen molar-refractivity contribution in [2.45, 2.75) is 13.0 Å². The van der Waals surface area contributed by atoms with E-state index in [1.54, 1.807) is 55.7 Å². The van der Waals surface area contributed by atoms with Crippen molar-refractivity contribution >= 4 is 18.6 Å². The number of rotatable bonds is 10. The highest BCUT2D eigenvalue weighted by Crippen LogP contribution is 2.45. The number of allylic oxidation sites excluding steroid dienone is 1. The Hall–Kier alpha value is -4.07. The molecule has 10 heteroatoms. The highest BCUT2D eigenvalue weighted by atomic mass is 31.2. The van der Waals surface area contributed by atoms with Gasteiger partial charge in [0.05, 0.1) is 12.6 Å². The lowest BCUT2D eigenvalue weighted by Crippen LogP contribution is -2.34. The zero-order valence-electron chi connectivity index (χ0n) is 19.7. The van der Waals surface area contributed by atoms with E-state index in [0.717, 1.165) is 11.1 Å². The fraction of sp³-hybridized carbons (Fsp3) is 0.154. The molecule has 0 aliphatic rings. The smallest absolute Gasteiger partial charge is 0.265 e. The van der Waals surface area contributed by atoms with Gasteiger partial charge in [-0.1, -0.05) is 48.5 Å². The molecule has 0 bridgehead atoms. The number of amides is 1. The maximum absolute atomic E-state index is 13.3. The number of carbonyl (C=O) groups excluding carboxylic acids is 1. The zero-order valence-corrected chi connectivity index (χ0v) is 20.6. The van der Waals surface area contributed by atoms with Gasteiger partial charge in [0.25, 0.3) is 11.5 Å². The van der Waals surface area contributed by atoms with Crippen LogP contribution in [-0.4, -0.2) is 38.4 Å². The number of benzene rings is 2. The van der Waals surface area contributed by atoms with E-state index in [1.807, 2.05) is 30.3 Å². The first-order valence-electron chi connectivity index (χ1n) is 11.4. The largest absolute Gasteiger partial charge is 0.341 e. The highest BCUT2D eigenvalue weighted by molar-refractivity contribution is 7.67. The van der Waals surface area contributed by atoms with Gasteiger partial charge in [0, 0.05) is 30.1 Å². The van der Waals surface area contributed by atoms with Gasteiger partial charge < -0.3 is 9.84 Å². The van der Waals surface area contributed by atoms with Gasteiger partial charge >= 0.3 is 0 Å². The van der Waals surface area contributed by atoms with Crippen LogP contribution in [0.2, 0.25) is 0 Å². The molecule has 2 atom stereocenters. The minimum atomic E-state index is -3.07. The van der Waals surface area contributed by atoms with Gasteiger partial charge in [-0.15, -0.1) is 6.58 Å². The summed E-state index contributed by atoms with van der Waals surface area (Å²) in [6.07, 6.45) is 6.22. The van der Waals surface area contributed by atoms with Crippen molar-refractivity contribution in [1.82, 2.24) is 25.1 Å². The van der Waals surface area contributed by atoms with Crippen LogP contribution in [0.5, 0.6) is 0 Å². The molecule has 1 amide bonds. The van der Waals surface area contributed by atoms with Gasteiger partial charge in [-0.3, -0.25) is 19.1 Å². The van der Waals surface area contributed by atoms with Crippen molar-refractivity contribution in [2.75, 3.05) is 12.8 Å². The Morgan fingerprint density at radius 1 is 1.17 bits per heavy atom. The molecular formula is C26H26N5O4P. The number of aromatic nitrogens is 4. The molecule has 2 unspecified atom stereocenters. The first-order valence-corrected chi connectivity index (χ1v) is 13.2. The fourth-order valence-electron chi connectivity index (χ4n) is 3.78. The summed E-state index contributed by atoms with van der Waals surface area (Å²) in [6, 6.07) is 17.6. The third-order valence-corrected chi connectivity index (χ3v) is 7.99. The molecule has 0 aliphatic carbocycles. The summed E-state index contributed by atoms with van der Waals surface area (Å²) in [7, 11) is -3.07. The van der Waals surface area contributed by atoms with Crippen LogP contribution in [0.15, 0.2) is 96.7 Å². The van der Waals surface area contributed by atoms with Gasteiger partial charge in [-0.25, -0.2) is 9.67 Å². The summed E-state index contributed by atoms with van der Waals surface area (Å²) in [4.78, 5) is 32.5. The fourth-order valence-corrected chi connectivity index (χ4v) is 5.60. The van der Waals surface area contributed by atoms with E-state index in [1.165, 1.54) is 10.9 Å². The van der Waals surface area contributed by atoms with E-state index in [0.29, 0.717) is 11.9 Å². The maximum Gasteiger partial charge on any atom is 0.265 e. The third kappa shape index (κ3) is 5.43. The zero-order chi connectivity index (χ0) is 25.5. The van der Waals surface area contributed by atoms with E-state index >= 15 is 0 Å². The Balaban J connectivity index is 1.64. The molecule has 0 spiro atoms. The van der Waals surface area contributed by atoms with Gasteiger partial charge in [0.1, 0.15) is 5.56 Å². The average Bonchev–Trinajstić information content (AvgIpc) is 3.43. The van der Waals surface area contributed by atoms with Crippen LogP contribution in [0.3, 0.4) is 0 Å².